The molecule has 12 rings (SSSR count). The number of aromatic nitrogens is 1. The minimum atomic E-state index is 1.06. The number of aryl methyl sites for hydroxylation is 1. The number of hydrogen-bond donors (Lipinski definition) is 0. The van der Waals surface area contributed by atoms with Gasteiger partial charge in [-0.1, -0.05) is 262 Å². The Morgan fingerprint density at radius 2 is 0.694 bits per heavy atom. The van der Waals surface area contributed by atoms with Gasteiger partial charge in [0.2, 0.25) is 0 Å². The fourth-order valence-electron chi connectivity index (χ4n) is 7.33. The van der Waals surface area contributed by atoms with E-state index in [0.717, 1.165) is 11.9 Å². The largest absolute Gasteiger partial charge is 0.256 e. The Bertz CT molecular complexity index is 2900. The second-order valence-corrected chi connectivity index (χ2v) is 14.6. The molecule has 1 heteroatoms. The Morgan fingerprint density at radius 1 is 0.339 bits per heavy atom. The van der Waals surface area contributed by atoms with Crippen molar-refractivity contribution in [3.8, 4) is 0 Å². The molecule has 0 unspecified atom stereocenters. The van der Waals surface area contributed by atoms with Gasteiger partial charge in [-0.2, -0.15) is 0 Å². The van der Waals surface area contributed by atoms with Crippen molar-refractivity contribution in [1.82, 2.24) is 4.98 Å². The van der Waals surface area contributed by atoms with E-state index in [1.165, 1.54) is 70.4 Å². The normalized spacial score (nSPS) is 10.1. The Hall–Kier alpha value is -7.87. The highest BCUT2D eigenvalue weighted by Crippen LogP contribution is 2.34. The molecule has 1 nitrogen and oxygen atoms in total. The Morgan fingerprint density at radius 3 is 1.11 bits per heavy atom. The molecule has 0 radical (unpaired) electrons. The molecule has 0 spiro atoms. The molecule has 0 amide bonds. The molecule has 0 N–H and O–H groups in total. The van der Waals surface area contributed by atoms with Crippen LogP contribution in [0.15, 0.2) is 268 Å². The second-order valence-electron chi connectivity index (χ2n) is 14.6. The molecule has 1 heterocycles. The molecule has 62 heavy (non-hydrogen) atoms. The summed E-state index contributed by atoms with van der Waals surface area (Å²) in [5.41, 5.74) is 3.64. The number of hydrogen-bond acceptors (Lipinski definition) is 1. The molecule has 0 atom stereocenters. The van der Waals surface area contributed by atoms with Crippen molar-refractivity contribution >= 4 is 70.8 Å². The van der Waals surface area contributed by atoms with Crippen molar-refractivity contribution in [3.63, 3.8) is 0 Å². The number of rotatable bonds is 2. The first kappa shape index (κ1) is 42.3. The predicted octanol–water partition coefficient (Wildman–Crippen LogP) is 17.1. The molecule has 0 aliphatic rings. The van der Waals surface area contributed by atoms with E-state index in [9.17, 15) is 0 Å². The Balaban J connectivity index is 0.000000116. The van der Waals surface area contributed by atoms with Crippen LogP contribution in [0.4, 0.5) is 0 Å². The van der Waals surface area contributed by atoms with Crippen LogP contribution in [0.5, 0.6) is 0 Å². The van der Waals surface area contributed by atoms with Crippen LogP contribution in [0.1, 0.15) is 18.1 Å². The Kier molecular flexibility index (Phi) is 15.3. The SMILES string of the molecule is C=Cc1ccccc1.CCc1ccccc1.c1cc2ccc3cccc4ccc(c1)c2c34.c1ccc2c(c1)ccc1ccccc12.c1ccc2ncccc2c1.c1ccccc1. The van der Waals surface area contributed by atoms with E-state index in [-0.39, 0.29) is 0 Å². The van der Waals surface area contributed by atoms with E-state index in [1.54, 1.807) is 0 Å². The van der Waals surface area contributed by atoms with Crippen molar-refractivity contribution in [3.05, 3.63) is 279 Å². The minimum Gasteiger partial charge on any atom is -0.256 e. The van der Waals surface area contributed by atoms with Gasteiger partial charge in [-0.15, -0.1) is 0 Å². The summed E-state index contributed by atoms with van der Waals surface area (Å²) in [6, 6.07) is 87.8. The van der Waals surface area contributed by atoms with Crippen LogP contribution in [-0.4, -0.2) is 4.98 Å². The molecular weight excluding hydrogens is 747 g/mol. The average molecular weight is 798 g/mol. The van der Waals surface area contributed by atoms with Gasteiger partial charge in [0, 0.05) is 11.6 Å². The van der Waals surface area contributed by atoms with Crippen LogP contribution in [0.25, 0.3) is 70.8 Å². The monoisotopic (exact) mass is 797 g/mol. The highest BCUT2D eigenvalue weighted by Gasteiger charge is 2.06. The zero-order chi connectivity index (χ0) is 42.6. The highest BCUT2D eigenvalue weighted by molar-refractivity contribution is 6.22. The van der Waals surface area contributed by atoms with E-state index >= 15 is 0 Å². The van der Waals surface area contributed by atoms with Crippen LogP contribution in [0.3, 0.4) is 0 Å². The first-order valence-corrected chi connectivity index (χ1v) is 21.2. The van der Waals surface area contributed by atoms with E-state index < -0.39 is 0 Å². The van der Waals surface area contributed by atoms with Gasteiger partial charge < -0.3 is 0 Å². The van der Waals surface area contributed by atoms with Crippen LogP contribution in [-0.2, 0) is 6.42 Å². The van der Waals surface area contributed by atoms with E-state index in [0.29, 0.717) is 0 Å². The molecule has 12 aromatic rings. The van der Waals surface area contributed by atoms with Gasteiger partial charge in [0.25, 0.3) is 0 Å². The summed E-state index contributed by atoms with van der Waals surface area (Å²) in [6.07, 6.45) is 4.78. The fraction of sp³-hybridized carbons (Fsp3) is 0.0328. The first-order chi connectivity index (χ1) is 30.7. The van der Waals surface area contributed by atoms with Crippen molar-refractivity contribution in [2.24, 2.45) is 0 Å². The highest BCUT2D eigenvalue weighted by atomic mass is 14.6. The maximum Gasteiger partial charge on any atom is 0.0701 e. The third-order valence-corrected chi connectivity index (χ3v) is 10.5. The topological polar surface area (TPSA) is 12.9 Å². The van der Waals surface area contributed by atoms with Gasteiger partial charge >= 0.3 is 0 Å². The lowest BCUT2D eigenvalue weighted by Crippen LogP contribution is -1.82. The standard InChI is InChI=1S/C16H10.C14H10.C9H7N.C8H10.C8H8.C6H6/c1-3-11-7-9-13-5-2-6-14-10-8-12(4-1)15(11)16(13)14;1-3-7-13-11(5-1)9-10-12-6-2-4-8-14(12)13;1-2-6-9-8(4-1)5-3-7-10-9;2*1-2-8-6-4-3-5-7-8;1-2-4-6-5-3-1/h1-10H;1-10H;1-7H;3-7H,2H2,1H3;2-7H,1H2;1-6H. The zero-order valence-corrected chi connectivity index (χ0v) is 35.3. The summed E-state index contributed by atoms with van der Waals surface area (Å²) in [4.78, 5) is 4.18. The summed E-state index contributed by atoms with van der Waals surface area (Å²) >= 11 is 0. The maximum absolute atomic E-state index is 4.18. The molecule has 0 fully saturated rings. The molecule has 0 aliphatic heterocycles. The first-order valence-electron chi connectivity index (χ1n) is 21.2. The molecule has 0 saturated carbocycles. The molecule has 0 bridgehead atoms. The van der Waals surface area contributed by atoms with Crippen molar-refractivity contribution in [2.45, 2.75) is 13.3 Å². The van der Waals surface area contributed by atoms with Crippen LogP contribution >= 0.6 is 0 Å². The minimum absolute atomic E-state index is 1.06. The van der Waals surface area contributed by atoms with Gasteiger partial charge in [0.05, 0.1) is 5.52 Å². The van der Waals surface area contributed by atoms with Crippen LogP contribution in [0, 0.1) is 0 Å². The van der Waals surface area contributed by atoms with Gasteiger partial charge in [0.15, 0.2) is 0 Å². The zero-order valence-electron chi connectivity index (χ0n) is 35.3. The van der Waals surface area contributed by atoms with Crippen molar-refractivity contribution in [2.75, 3.05) is 0 Å². The Labute approximate surface area is 366 Å². The molecule has 1 aromatic heterocycles. The summed E-state index contributed by atoms with van der Waals surface area (Å²) in [7, 11) is 0. The fourth-order valence-corrected chi connectivity index (χ4v) is 7.33. The summed E-state index contributed by atoms with van der Waals surface area (Å²) in [5.74, 6) is 0. The van der Waals surface area contributed by atoms with Crippen LogP contribution < -0.4 is 0 Å². The van der Waals surface area contributed by atoms with E-state index in [1.807, 2.05) is 109 Å². The number of pyridine rings is 1. The number of nitrogens with zero attached hydrogens (tertiary/aromatic N) is 1. The van der Waals surface area contributed by atoms with Gasteiger partial charge in [0.1, 0.15) is 0 Å². The van der Waals surface area contributed by atoms with Crippen molar-refractivity contribution < 1.29 is 0 Å². The molecule has 11 aromatic carbocycles. The van der Waals surface area contributed by atoms with Gasteiger partial charge in [-0.3, -0.25) is 4.98 Å². The lowest BCUT2D eigenvalue weighted by molar-refractivity contribution is 1.14. The number of fused-ring (bicyclic) bond motifs is 4. The quantitative estimate of drug-likeness (QED) is 0.159. The number of benzene rings is 11. The second kappa shape index (κ2) is 22.5. The summed E-state index contributed by atoms with van der Waals surface area (Å²) < 4.78 is 0. The lowest BCUT2D eigenvalue weighted by atomic mass is 9.95. The van der Waals surface area contributed by atoms with Crippen LogP contribution in [0.2, 0.25) is 0 Å². The summed E-state index contributed by atoms with van der Waals surface area (Å²) in [5, 5.41) is 14.6. The predicted molar refractivity (Wildman–Crippen MR) is 272 cm³/mol. The van der Waals surface area contributed by atoms with Gasteiger partial charge in [-0.05, 0) is 83.5 Å². The third-order valence-electron chi connectivity index (χ3n) is 10.5. The van der Waals surface area contributed by atoms with E-state index in [4.69, 9.17) is 0 Å². The molecule has 300 valence electrons. The van der Waals surface area contributed by atoms with Gasteiger partial charge in [-0.25, -0.2) is 0 Å². The molecular formula is C61H51N. The van der Waals surface area contributed by atoms with Crippen molar-refractivity contribution in [1.29, 1.82) is 0 Å². The molecule has 0 aliphatic carbocycles. The maximum atomic E-state index is 4.18. The average Bonchev–Trinajstić information content (AvgIpc) is 3.37. The molecule has 0 saturated heterocycles. The third kappa shape index (κ3) is 11.4. The summed E-state index contributed by atoms with van der Waals surface area (Å²) in [6.45, 7) is 5.79. The smallest absolute Gasteiger partial charge is 0.0701 e. The lowest BCUT2D eigenvalue weighted by Gasteiger charge is -2.09. The van der Waals surface area contributed by atoms with E-state index in [2.05, 4.69) is 176 Å². The number of para-hydroxylation sites is 1.